The number of anilines is 1. The van der Waals surface area contributed by atoms with E-state index in [1.165, 1.54) is 29.7 Å². The van der Waals surface area contributed by atoms with Gasteiger partial charge >= 0.3 is 0 Å². The number of aryl methyl sites for hydroxylation is 2. The Morgan fingerprint density at radius 3 is 2.78 bits per heavy atom. The van der Waals surface area contributed by atoms with Gasteiger partial charge in [-0.1, -0.05) is 13.8 Å². The highest BCUT2D eigenvalue weighted by atomic mass is 15.2. The van der Waals surface area contributed by atoms with Gasteiger partial charge in [-0.05, 0) is 43.7 Å². The number of nitrogens with zero attached hydrogens (tertiary/aromatic N) is 2. The first-order valence-corrected chi connectivity index (χ1v) is 7.12. The van der Waals surface area contributed by atoms with Crippen molar-refractivity contribution in [3.8, 4) is 0 Å². The van der Waals surface area contributed by atoms with E-state index in [2.05, 4.69) is 31.7 Å². The van der Waals surface area contributed by atoms with Gasteiger partial charge in [0.2, 0.25) is 0 Å². The average molecular weight is 247 g/mol. The van der Waals surface area contributed by atoms with Gasteiger partial charge in [0.15, 0.2) is 0 Å². The number of pyridine rings is 1. The van der Waals surface area contributed by atoms with E-state index in [-0.39, 0.29) is 0 Å². The first-order chi connectivity index (χ1) is 8.65. The SMILES string of the molecule is CCN(CC(C)C)c1nc2c(cc1CN)CCC2. The summed E-state index contributed by atoms with van der Waals surface area (Å²) in [7, 11) is 0. The summed E-state index contributed by atoms with van der Waals surface area (Å²) in [6.07, 6.45) is 3.55. The minimum Gasteiger partial charge on any atom is -0.356 e. The molecule has 1 aliphatic carbocycles. The third-order valence-electron chi connectivity index (χ3n) is 3.59. The van der Waals surface area contributed by atoms with Crippen LogP contribution in [0.1, 0.15) is 44.0 Å². The van der Waals surface area contributed by atoms with Gasteiger partial charge in [-0.25, -0.2) is 4.98 Å². The maximum absolute atomic E-state index is 5.90. The largest absolute Gasteiger partial charge is 0.356 e. The van der Waals surface area contributed by atoms with Crippen LogP contribution in [0.15, 0.2) is 6.07 Å². The Kier molecular flexibility index (Phi) is 4.23. The Hall–Kier alpha value is -1.09. The molecule has 0 saturated heterocycles. The van der Waals surface area contributed by atoms with Gasteiger partial charge < -0.3 is 10.6 Å². The molecule has 1 aromatic heterocycles. The van der Waals surface area contributed by atoms with Gasteiger partial charge in [-0.3, -0.25) is 0 Å². The van der Waals surface area contributed by atoms with E-state index >= 15 is 0 Å². The molecule has 3 heteroatoms. The fourth-order valence-electron chi connectivity index (χ4n) is 2.74. The van der Waals surface area contributed by atoms with Crippen molar-refractivity contribution in [2.45, 2.75) is 46.6 Å². The summed E-state index contributed by atoms with van der Waals surface area (Å²) in [5.74, 6) is 1.76. The number of nitrogens with two attached hydrogens (primary N) is 1. The highest BCUT2D eigenvalue weighted by molar-refractivity contribution is 5.51. The van der Waals surface area contributed by atoms with Crippen LogP contribution in [-0.2, 0) is 19.4 Å². The fraction of sp³-hybridized carbons (Fsp3) is 0.667. The van der Waals surface area contributed by atoms with Crippen molar-refractivity contribution in [1.29, 1.82) is 0 Å². The highest BCUT2D eigenvalue weighted by Gasteiger charge is 2.19. The maximum atomic E-state index is 5.90. The van der Waals surface area contributed by atoms with Crippen molar-refractivity contribution in [2.24, 2.45) is 11.7 Å². The molecule has 0 radical (unpaired) electrons. The predicted octanol–water partition coefficient (Wildman–Crippen LogP) is 2.51. The van der Waals surface area contributed by atoms with E-state index in [0.29, 0.717) is 12.5 Å². The van der Waals surface area contributed by atoms with Crippen LogP contribution in [0, 0.1) is 5.92 Å². The minimum absolute atomic E-state index is 0.588. The molecule has 0 fully saturated rings. The number of fused-ring (bicyclic) bond motifs is 1. The summed E-state index contributed by atoms with van der Waals surface area (Å²) in [6.45, 7) is 9.32. The molecule has 0 atom stereocenters. The van der Waals surface area contributed by atoms with Crippen LogP contribution in [0.3, 0.4) is 0 Å². The fourth-order valence-corrected chi connectivity index (χ4v) is 2.74. The molecule has 0 bridgehead atoms. The molecular weight excluding hydrogens is 222 g/mol. The topological polar surface area (TPSA) is 42.2 Å². The number of aromatic nitrogens is 1. The zero-order valence-electron chi connectivity index (χ0n) is 11.9. The van der Waals surface area contributed by atoms with Gasteiger partial charge in [0.1, 0.15) is 5.82 Å². The van der Waals surface area contributed by atoms with Crippen LogP contribution in [0.5, 0.6) is 0 Å². The van der Waals surface area contributed by atoms with Crippen molar-refractivity contribution in [2.75, 3.05) is 18.0 Å². The van der Waals surface area contributed by atoms with E-state index in [1.807, 2.05) is 0 Å². The van der Waals surface area contributed by atoms with E-state index in [4.69, 9.17) is 10.7 Å². The second kappa shape index (κ2) is 5.70. The van der Waals surface area contributed by atoms with Crippen LogP contribution in [0.25, 0.3) is 0 Å². The third-order valence-corrected chi connectivity index (χ3v) is 3.59. The molecule has 0 aliphatic heterocycles. The third kappa shape index (κ3) is 2.66. The van der Waals surface area contributed by atoms with Crippen molar-refractivity contribution in [3.05, 3.63) is 22.9 Å². The number of hydrogen-bond donors (Lipinski definition) is 1. The Morgan fingerprint density at radius 1 is 1.39 bits per heavy atom. The minimum atomic E-state index is 0.588. The monoisotopic (exact) mass is 247 g/mol. The summed E-state index contributed by atoms with van der Waals surface area (Å²) < 4.78 is 0. The lowest BCUT2D eigenvalue weighted by atomic mass is 10.1. The van der Waals surface area contributed by atoms with Crippen molar-refractivity contribution >= 4 is 5.82 Å². The first-order valence-electron chi connectivity index (χ1n) is 7.12. The molecule has 2 N–H and O–H groups in total. The van der Waals surface area contributed by atoms with Gasteiger partial charge in [0.05, 0.1) is 0 Å². The second-order valence-corrected chi connectivity index (χ2v) is 5.57. The van der Waals surface area contributed by atoms with E-state index in [9.17, 15) is 0 Å². The second-order valence-electron chi connectivity index (χ2n) is 5.57. The number of hydrogen-bond acceptors (Lipinski definition) is 3. The molecule has 1 heterocycles. The van der Waals surface area contributed by atoms with Gasteiger partial charge in [-0.2, -0.15) is 0 Å². The summed E-state index contributed by atoms with van der Waals surface area (Å²) in [6, 6.07) is 2.29. The molecule has 0 spiro atoms. The number of rotatable bonds is 5. The van der Waals surface area contributed by atoms with Crippen molar-refractivity contribution in [1.82, 2.24) is 4.98 Å². The van der Waals surface area contributed by atoms with Crippen LogP contribution in [-0.4, -0.2) is 18.1 Å². The Labute approximate surface area is 110 Å². The molecule has 1 aromatic rings. The first kappa shape index (κ1) is 13.3. The molecule has 1 aliphatic rings. The van der Waals surface area contributed by atoms with Crippen molar-refractivity contribution < 1.29 is 0 Å². The predicted molar refractivity (Wildman–Crippen MR) is 76.9 cm³/mol. The lowest BCUT2D eigenvalue weighted by molar-refractivity contribution is 0.612. The van der Waals surface area contributed by atoms with Crippen LogP contribution in [0.4, 0.5) is 5.82 Å². The molecule has 3 nitrogen and oxygen atoms in total. The zero-order chi connectivity index (χ0) is 13.1. The van der Waals surface area contributed by atoms with Crippen LogP contribution in [0.2, 0.25) is 0 Å². The average Bonchev–Trinajstić information content (AvgIpc) is 2.81. The van der Waals surface area contributed by atoms with Crippen LogP contribution < -0.4 is 10.6 Å². The van der Waals surface area contributed by atoms with Gasteiger partial charge in [-0.15, -0.1) is 0 Å². The smallest absolute Gasteiger partial charge is 0.133 e. The van der Waals surface area contributed by atoms with Crippen molar-refractivity contribution in [3.63, 3.8) is 0 Å². The standard InChI is InChI=1S/C15H25N3/c1-4-18(10-11(2)3)15-13(9-16)8-12-6-5-7-14(12)17-15/h8,11H,4-7,9-10,16H2,1-3H3. The zero-order valence-corrected chi connectivity index (χ0v) is 11.9. The Morgan fingerprint density at radius 2 is 2.17 bits per heavy atom. The normalized spacial score (nSPS) is 14.1. The molecule has 100 valence electrons. The molecule has 0 saturated carbocycles. The molecule has 0 aromatic carbocycles. The molecule has 0 unspecified atom stereocenters. The summed E-state index contributed by atoms with van der Waals surface area (Å²) in [4.78, 5) is 7.26. The van der Waals surface area contributed by atoms with Gasteiger partial charge in [0, 0.05) is 30.9 Å². The molecule has 0 amide bonds. The molecule has 2 rings (SSSR count). The summed E-state index contributed by atoms with van der Waals surface area (Å²) >= 11 is 0. The molecular formula is C15H25N3. The van der Waals surface area contributed by atoms with E-state index < -0.39 is 0 Å². The maximum Gasteiger partial charge on any atom is 0.133 e. The summed E-state index contributed by atoms with van der Waals surface area (Å²) in [5.41, 5.74) is 9.82. The Balaban J connectivity index is 2.35. The lowest BCUT2D eigenvalue weighted by Crippen LogP contribution is -2.30. The quantitative estimate of drug-likeness (QED) is 0.869. The Bertz CT molecular complexity index is 412. The lowest BCUT2D eigenvalue weighted by Gasteiger charge is -2.26. The highest BCUT2D eigenvalue weighted by Crippen LogP contribution is 2.27. The van der Waals surface area contributed by atoms with E-state index in [0.717, 1.165) is 25.3 Å². The van der Waals surface area contributed by atoms with E-state index in [1.54, 1.807) is 0 Å². The molecule has 18 heavy (non-hydrogen) atoms. The van der Waals surface area contributed by atoms with Crippen LogP contribution >= 0.6 is 0 Å². The summed E-state index contributed by atoms with van der Waals surface area (Å²) in [5, 5.41) is 0. The van der Waals surface area contributed by atoms with Gasteiger partial charge in [0.25, 0.3) is 0 Å².